The molecule has 1 atom stereocenters. The van der Waals surface area contributed by atoms with Gasteiger partial charge >= 0.3 is 90.0 Å². The van der Waals surface area contributed by atoms with E-state index in [-0.39, 0.29) is 0 Å². The Morgan fingerprint density at radius 2 is 2.21 bits per heavy atom. The zero-order chi connectivity index (χ0) is 9.80. The molecule has 1 aliphatic heterocycles. The van der Waals surface area contributed by atoms with Gasteiger partial charge in [0.2, 0.25) is 0 Å². The molecular formula is C10H13N3Se. The van der Waals surface area contributed by atoms with Crippen LogP contribution in [0.3, 0.4) is 0 Å². The van der Waals surface area contributed by atoms with Gasteiger partial charge in [0.15, 0.2) is 0 Å². The van der Waals surface area contributed by atoms with E-state index in [1.165, 1.54) is 0 Å². The van der Waals surface area contributed by atoms with Crippen LogP contribution in [0.15, 0.2) is 35.4 Å². The van der Waals surface area contributed by atoms with E-state index in [1.807, 2.05) is 23.3 Å². The van der Waals surface area contributed by atoms with Gasteiger partial charge in [-0.25, -0.2) is 0 Å². The van der Waals surface area contributed by atoms with Gasteiger partial charge in [-0.1, -0.05) is 0 Å². The standard InChI is InChI=1S/C10H13N3Se/c1-2-11-10-13(12-8-14-10)9-6-4-3-5-7-9/h3-8,10-11H,2H2,1H3. The molecule has 0 bridgehead atoms. The second-order valence-corrected chi connectivity index (χ2v) is 4.90. The molecule has 4 heteroatoms. The summed E-state index contributed by atoms with van der Waals surface area (Å²) in [6, 6.07) is 10.3. The van der Waals surface area contributed by atoms with Crippen molar-refractivity contribution in [3.05, 3.63) is 30.3 Å². The molecule has 74 valence electrons. The van der Waals surface area contributed by atoms with E-state index in [4.69, 9.17) is 0 Å². The van der Waals surface area contributed by atoms with Gasteiger partial charge in [-0.05, 0) is 0 Å². The Labute approximate surface area is 90.3 Å². The van der Waals surface area contributed by atoms with Crippen LogP contribution in [0.2, 0.25) is 0 Å². The van der Waals surface area contributed by atoms with Crippen LogP contribution < -0.4 is 10.3 Å². The van der Waals surface area contributed by atoms with Gasteiger partial charge in [0.05, 0.1) is 0 Å². The number of hydrazone groups is 1. The topological polar surface area (TPSA) is 27.6 Å². The number of nitrogens with one attached hydrogen (secondary N) is 1. The average molecular weight is 254 g/mol. The molecule has 0 spiro atoms. The minimum atomic E-state index is 0.384. The third-order valence-electron chi connectivity index (χ3n) is 1.98. The second-order valence-electron chi connectivity index (χ2n) is 2.95. The molecule has 0 amide bonds. The van der Waals surface area contributed by atoms with Gasteiger partial charge in [-0.3, -0.25) is 0 Å². The predicted octanol–water partition coefficient (Wildman–Crippen LogP) is 1.05. The molecule has 3 nitrogen and oxygen atoms in total. The van der Waals surface area contributed by atoms with E-state index in [9.17, 15) is 0 Å². The summed E-state index contributed by atoms with van der Waals surface area (Å²) < 4.78 is 0. The van der Waals surface area contributed by atoms with E-state index in [2.05, 4.69) is 34.5 Å². The number of nitrogens with zero attached hydrogens (tertiary/aromatic N) is 2. The molecule has 0 saturated heterocycles. The molecule has 1 aromatic rings. The number of hydrogen-bond acceptors (Lipinski definition) is 3. The predicted molar refractivity (Wildman–Crippen MR) is 60.6 cm³/mol. The molecule has 0 fully saturated rings. The number of rotatable bonds is 3. The van der Waals surface area contributed by atoms with Crippen LogP contribution in [0.4, 0.5) is 5.69 Å². The minimum absolute atomic E-state index is 0.384. The van der Waals surface area contributed by atoms with Crippen molar-refractivity contribution in [2.24, 2.45) is 5.10 Å². The van der Waals surface area contributed by atoms with Crippen molar-refractivity contribution in [1.29, 1.82) is 0 Å². The summed E-state index contributed by atoms with van der Waals surface area (Å²) in [6.07, 6.45) is 0. The first kappa shape index (κ1) is 9.71. The first-order valence-electron chi connectivity index (χ1n) is 4.67. The summed E-state index contributed by atoms with van der Waals surface area (Å²) >= 11 is 0.436. The number of anilines is 1. The summed E-state index contributed by atoms with van der Waals surface area (Å²) in [6.45, 7) is 3.11. The van der Waals surface area contributed by atoms with Crippen LogP contribution in [-0.4, -0.2) is 31.7 Å². The van der Waals surface area contributed by atoms with Crippen molar-refractivity contribution in [3.8, 4) is 0 Å². The molecule has 1 N–H and O–H groups in total. The molecule has 0 aromatic heterocycles. The van der Waals surface area contributed by atoms with E-state index in [1.54, 1.807) is 0 Å². The number of para-hydroxylation sites is 1. The summed E-state index contributed by atoms with van der Waals surface area (Å²) in [4.78, 5) is 0. The van der Waals surface area contributed by atoms with E-state index in [0.29, 0.717) is 20.0 Å². The van der Waals surface area contributed by atoms with Crippen molar-refractivity contribution in [3.63, 3.8) is 0 Å². The van der Waals surface area contributed by atoms with Gasteiger partial charge in [-0.15, -0.1) is 0 Å². The van der Waals surface area contributed by atoms with Gasteiger partial charge in [-0.2, -0.15) is 0 Å². The molecule has 1 aromatic carbocycles. The van der Waals surface area contributed by atoms with Gasteiger partial charge in [0.1, 0.15) is 0 Å². The molecule has 2 rings (SSSR count). The molecule has 1 unspecified atom stereocenters. The molecule has 1 aliphatic rings. The Balaban J connectivity index is 2.13. The molecule has 0 saturated carbocycles. The molecule has 1 heterocycles. The van der Waals surface area contributed by atoms with Crippen LogP contribution in [0, 0.1) is 0 Å². The SMILES string of the molecule is CCNC1[Se]C=NN1c1ccccc1. The van der Waals surface area contributed by atoms with E-state index in [0.717, 1.165) is 12.2 Å². The van der Waals surface area contributed by atoms with Crippen LogP contribution in [0.1, 0.15) is 6.92 Å². The average Bonchev–Trinajstić information content (AvgIpc) is 2.68. The Morgan fingerprint density at radius 1 is 1.43 bits per heavy atom. The second kappa shape index (κ2) is 4.60. The quantitative estimate of drug-likeness (QED) is 0.816. The fourth-order valence-electron chi connectivity index (χ4n) is 1.35. The Bertz CT molecular complexity index is 312. The number of benzene rings is 1. The summed E-state index contributed by atoms with van der Waals surface area (Å²) in [5.74, 6) is 0. The third-order valence-corrected chi connectivity index (χ3v) is 3.75. The van der Waals surface area contributed by atoms with Crippen molar-refractivity contribution in [2.45, 2.75) is 12.0 Å². The fraction of sp³-hybridized carbons (Fsp3) is 0.300. The van der Waals surface area contributed by atoms with Crippen molar-refractivity contribution < 1.29 is 0 Å². The Morgan fingerprint density at radius 3 is 2.93 bits per heavy atom. The number of hydrogen-bond donors (Lipinski definition) is 1. The first-order valence-corrected chi connectivity index (χ1v) is 6.65. The van der Waals surface area contributed by atoms with E-state index < -0.39 is 0 Å². The van der Waals surface area contributed by atoms with Crippen molar-refractivity contribution >= 4 is 25.8 Å². The molecule has 0 aliphatic carbocycles. The van der Waals surface area contributed by atoms with E-state index >= 15 is 0 Å². The first-order chi connectivity index (χ1) is 6.92. The zero-order valence-electron chi connectivity index (χ0n) is 8.05. The maximum absolute atomic E-state index is 4.38. The van der Waals surface area contributed by atoms with Crippen LogP contribution in [0.25, 0.3) is 0 Å². The van der Waals surface area contributed by atoms with Crippen LogP contribution >= 0.6 is 0 Å². The molecule has 0 radical (unpaired) electrons. The summed E-state index contributed by atoms with van der Waals surface area (Å²) in [7, 11) is 0. The van der Waals surface area contributed by atoms with Gasteiger partial charge < -0.3 is 0 Å². The van der Waals surface area contributed by atoms with Crippen LogP contribution in [-0.2, 0) is 0 Å². The van der Waals surface area contributed by atoms with Gasteiger partial charge in [0.25, 0.3) is 0 Å². The Kier molecular flexibility index (Phi) is 3.19. The zero-order valence-corrected chi connectivity index (χ0v) is 9.76. The molecule has 14 heavy (non-hydrogen) atoms. The van der Waals surface area contributed by atoms with Crippen molar-refractivity contribution in [2.75, 3.05) is 11.6 Å². The monoisotopic (exact) mass is 255 g/mol. The summed E-state index contributed by atoms with van der Waals surface area (Å²) in [5, 5.41) is 12.3. The van der Waals surface area contributed by atoms with Gasteiger partial charge in [0, 0.05) is 0 Å². The third kappa shape index (κ3) is 1.98. The fourth-order valence-corrected chi connectivity index (χ4v) is 3.08. The molecular weight excluding hydrogens is 241 g/mol. The summed E-state index contributed by atoms with van der Waals surface area (Å²) in [5.41, 5.74) is 1.16. The maximum atomic E-state index is 4.38. The Hall–Kier alpha value is -0.831. The van der Waals surface area contributed by atoms with Crippen molar-refractivity contribution in [1.82, 2.24) is 5.32 Å². The normalized spacial score (nSPS) is 20.4. The van der Waals surface area contributed by atoms with Crippen LogP contribution in [0.5, 0.6) is 0 Å².